The Hall–Kier alpha value is -1.11. The summed E-state index contributed by atoms with van der Waals surface area (Å²) in [5.41, 5.74) is 3.69. The maximum Gasteiger partial charge on any atom is 0.159 e. The predicted octanol–water partition coefficient (Wildman–Crippen LogP) is 3.89. The molecule has 0 unspecified atom stereocenters. The predicted molar refractivity (Wildman–Crippen MR) is 62.5 cm³/mol. The van der Waals surface area contributed by atoms with Gasteiger partial charge in [-0.15, -0.1) is 0 Å². The minimum Gasteiger partial charge on any atom is -0.295 e. The third kappa shape index (κ3) is 1.83. The molecule has 2 atom stereocenters. The van der Waals surface area contributed by atoms with Gasteiger partial charge in [-0.25, -0.2) is 0 Å². The van der Waals surface area contributed by atoms with Gasteiger partial charge in [-0.1, -0.05) is 26.0 Å². The molecule has 80 valence electrons. The molecule has 0 N–H and O–H groups in total. The van der Waals surface area contributed by atoms with Crippen LogP contribution in [0, 0.1) is 0 Å². The van der Waals surface area contributed by atoms with Crippen LogP contribution in [-0.2, 0) is 0 Å². The highest BCUT2D eigenvalue weighted by Crippen LogP contribution is 2.38. The van der Waals surface area contributed by atoms with Gasteiger partial charge < -0.3 is 0 Å². The van der Waals surface area contributed by atoms with E-state index in [1.807, 2.05) is 6.07 Å². The maximum atomic E-state index is 11.3. The van der Waals surface area contributed by atoms with E-state index in [-0.39, 0.29) is 5.78 Å². The van der Waals surface area contributed by atoms with Gasteiger partial charge in [0.05, 0.1) is 0 Å². The highest BCUT2D eigenvalue weighted by Gasteiger charge is 2.22. The molecule has 0 radical (unpaired) electrons. The van der Waals surface area contributed by atoms with Crippen molar-refractivity contribution in [3.05, 3.63) is 34.9 Å². The van der Waals surface area contributed by atoms with Gasteiger partial charge in [0.15, 0.2) is 5.78 Å². The normalized spacial score (nSPS) is 24.7. The lowest BCUT2D eigenvalue weighted by Crippen LogP contribution is -2.11. The molecule has 2 rings (SSSR count). The second-order valence-electron chi connectivity index (χ2n) is 4.78. The van der Waals surface area contributed by atoms with Crippen LogP contribution in [0.15, 0.2) is 18.2 Å². The zero-order valence-electron chi connectivity index (χ0n) is 9.71. The van der Waals surface area contributed by atoms with E-state index in [2.05, 4.69) is 26.0 Å². The van der Waals surface area contributed by atoms with Gasteiger partial charge >= 0.3 is 0 Å². The molecule has 15 heavy (non-hydrogen) atoms. The molecule has 1 aromatic rings. The maximum absolute atomic E-state index is 11.3. The van der Waals surface area contributed by atoms with Crippen LogP contribution in [0.5, 0.6) is 0 Å². The summed E-state index contributed by atoms with van der Waals surface area (Å²) in [6.45, 7) is 6.17. The Morgan fingerprint density at radius 2 is 1.73 bits per heavy atom. The molecule has 1 aliphatic rings. The first-order valence-electron chi connectivity index (χ1n) is 5.74. The lowest BCUT2D eigenvalue weighted by Gasteiger charge is -2.27. The number of carbonyl (C=O) groups is 1. The fourth-order valence-electron chi connectivity index (χ4n) is 2.48. The highest BCUT2D eigenvalue weighted by molar-refractivity contribution is 5.94. The molecule has 1 aromatic carbocycles. The summed E-state index contributed by atoms with van der Waals surface area (Å²) in [5.74, 6) is 1.43. The number of fused-ring (bicyclic) bond motifs is 1. The molecule has 0 amide bonds. The van der Waals surface area contributed by atoms with E-state index in [0.717, 1.165) is 5.56 Å². The number of rotatable bonds is 1. The van der Waals surface area contributed by atoms with Gasteiger partial charge in [0.2, 0.25) is 0 Å². The molecule has 0 aliphatic heterocycles. The first kappa shape index (κ1) is 10.4. The quantitative estimate of drug-likeness (QED) is 0.631. The summed E-state index contributed by atoms with van der Waals surface area (Å²) in [4.78, 5) is 11.3. The van der Waals surface area contributed by atoms with E-state index in [1.165, 1.54) is 24.0 Å². The third-order valence-electron chi connectivity index (χ3n) is 3.59. The molecule has 1 aliphatic carbocycles. The van der Waals surface area contributed by atoms with Crippen molar-refractivity contribution in [1.82, 2.24) is 0 Å². The van der Waals surface area contributed by atoms with Crippen LogP contribution >= 0.6 is 0 Å². The Kier molecular flexibility index (Phi) is 2.64. The first-order chi connectivity index (χ1) is 7.09. The average Bonchev–Trinajstić information content (AvgIpc) is 2.23. The van der Waals surface area contributed by atoms with E-state index < -0.39 is 0 Å². The molecular weight excluding hydrogens is 184 g/mol. The molecule has 0 fully saturated rings. The topological polar surface area (TPSA) is 17.1 Å². The first-order valence-corrected chi connectivity index (χ1v) is 5.74. The van der Waals surface area contributed by atoms with Gasteiger partial charge in [0, 0.05) is 5.56 Å². The third-order valence-corrected chi connectivity index (χ3v) is 3.59. The minimum absolute atomic E-state index is 0.170. The second-order valence-corrected chi connectivity index (χ2v) is 4.78. The summed E-state index contributed by atoms with van der Waals surface area (Å²) in [7, 11) is 0. The van der Waals surface area contributed by atoms with Crippen LogP contribution in [-0.4, -0.2) is 5.78 Å². The zero-order valence-corrected chi connectivity index (χ0v) is 9.71. The molecule has 1 nitrogen and oxygen atoms in total. The number of benzene rings is 1. The lowest BCUT2D eigenvalue weighted by atomic mass is 9.77. The molecule has 1 heteroatoms. The van der Waals surface area contributed by atoms with E-state index in [0.29, 0.717) is 11.8 Å². The fourth-order valence-corrected chi connectivity index (χ4v) is 2.48. The van der Waals surface area contributed by atoms with Crippen molar-refractivity contribution < 1.29 is 4.79 Å². The number of carbonyl (C=O) groups excluding carboxylic acids is 1. The summed E-state index contributed by atoms with van der Waals surface area (Å²) in [6, 6.07) is 6.21. The molecule has 0 saturated heterocycles. The smallest absolute Gasteiger partial charge is 0.159 e. The lowest BCUT2D eigenvalue weighted by molar-refractivity contribution is 0.101. The summed E-state index contributed by atoms with van der Waals surface area (Å²) in [6.07, 6.45) is 2.52. The van der Waals surface area contributed by atoms with Gasteiger partial charge in [-0.3, -0.25) is 4.79 Å². The van der Waals surface area contributed by atoms with Crippen molar-refractivity contribution in [1.29, 1.82) is 0 Å². The number of ketones is 1. The van der Waals surface area contributed by atoms with Gasteiger partial charge in [-0.2, -0.15) is 0 Å². The van der Waals surface area contributed by atoms with Crippen LogP contribution in [0.25, 0.3) is 0 Å². The van der Waals surface area contributed by atoms with Crippen LogP contribution in [0.1, 0.15) is 66.9 Å². The highest BCUT2D eigenvalue weighted by atomic mass is 16.1. The van der Waals surface area contributed by atoms with Gasteiger partial charge in [0.1, 0.15) is 0 Å². The molecule has 0 spiro atoms. The van der Waals surface area contributed by atoms with Crippen LogP contribution in [0.2, 0.25) is 0 Å². The zero-order chi connectivity index (χ0) is 11.0. The summed E-state index contributed by atoms with van der Waals surface area (Å²) in [5, 5.41) is 0. The molecule has 0 saturated carbocycles. The average molecular weight is 202 g/mol. The van der Waals surface area contributed by atoms with E-state index in [9.17, 15) is 4.79 Å². The minimum atomic E-state index is 0.170. The van der Waals surface area contributed by atoms with Crippen LogP contribution in [0.4, 0.5) is 0 Å². The Balaban J connectivity index is 2.49. The number of hydrogen-bond acceptors (Lipinski definition) is 1. The summed E-state index contributed by atoms with van der Waals surface area (Å²) >= 11 is 0. The summed E-state index contributed by atoms with van der Waals surface area (Å²) < 4.78 is 0. The van der Waals surface area contributed by atoms with E-state index >= 15 is 0 Å². The van der Waals surface area contributed by atoms with Crippen LogP contribution in [0.3, 0.4) is 0 Å². The Labute approximate surface area is 91.5 Å². The number of hydrogen-bond donors (Lipinski definition) is 0. The molecule has 0 heterocycles. The van der Waals surface area contributed by atoms with Crippen molar-refractivity contribution in [3.8, 4) is 0 Å². The Morgan fingerprint density at radius 1 is 1.13 bits per heavy atom. The van der Waals surface area contributed by atoms with Crippen LogP contribution < -0.4 is 0 Å². The SMILES string of the molecule is CC(=O)c1ccc2c(c1)[C@H](C)CC[C@H]2C. The Bertz CT molecular complexity index is 392. The Morgan fingerprint density at radius 3 is 2.33 bits per heavy atom. The van der Waals surface area contributed by atoms with E-state index in [1.54, 1.807) is 6.92 Å². The number of Topliss-reactive ketones (excluding diaryl/α,β-unsaturated/α-hetero) is 1. The van der Waals surface area contributed by atoms with Gasteiger partial charge in [-0.05, 0) is 48.8 Å². The molecule has 0 aromatic heterocycles. The van der Waals surface area contributed by atoms with Crippen molar-refractivity contribution in [3.63, 3.8) is 0 Å². The monoisotopic (exact) mass is 202 g/mol. The largest absolute Gasteiger partial charge is 0.295 e. The standard InChI is InChI=1S/C14H18O/c1-9-4-5-10(2)14-8-12(11(3)15)6-7-13(9)14/h6-10H,4-5H2,1-3H3/t9-,10-/m1/s1. The van der Waals surface area contributed by atoms with Crippen molar-refractivity contribution in [2.24, 2.45) is 0 Å². The fraction of sp³-hybridized carbons (Fsp3) is 0.500. The molecular formula is C14H18O. The molecule has 0 bridgehead atoms. The van der Waals surface area contributed by atoms with Crippen molar-refractivity contribution >= 4 is 5.78 Å². The van der Waals surface area contributed by atoms with Gasteiger partial charge in [0.25, 0.3) is 0 Å². The van der Waals surface area contributed by atoms with E-state index in [4.69, 9.17) is 0 Å². The van der Waals surface area contributed by atoms with Crippen molar-refractivity contribution in [2.45, 2.75) is 45.4 Å². The van der Waals surface area contributed by atoms with Crippen molar-refractivity contribution in [2.75, 3.05) is 0 Å². The second kappa shape index (κ2) is 3.80.